The summed E-state index contributed by atoms with van der Waals surface area (Å²) in [4.78, 5) is 3.26. The van der Waals surface area contributed by atoms with Crippen molar-refractivity contribution in [2.75, 3.05) is 0 Å². The van der Waals surface area contributed by atoms with Crippen molar-refractivity contribution in [3.05, 3.63) is 17.7 Å². The Balaban J connectivity index is 3.07. The molecule has 74 valence electrons. The number of aromatic nitrogens is 2. The second kappa shape index (κ2) is 3.37. The van der Waals surface area contributed by atoms with E-state index in [2.05, 4.69) is 4.98 Å². The van der Waals surface area contributed by atoms with Crippen LogP contribution < -0.4 is 0 Å². The van der Waals surface area contributed by atoms with Gasteiger partial charge in [-0.05, 0) is 6.92 Å². The van der Waals surface area contributed by atoms with Crippen LogP contribution in [0.5, 0.6) is 0 Å². The summed E-state index contributed by atoms with van der Waals surface area (Å²) < 4.78 is 37.6. The number of imidazole rings is 1. The number of halogens is 3. The third-order valence-electron chi connectivity index (χ3n) is 1.63. The fourth-order valence-corrected chi connectivity index (χ4v) is 0.991. The molecule has 0 radical (unpaired) electrons. The Hall–Kier alpha value is -1.04. The number of rotatable bonds is 2. The van der Waals surface area contributed by atoms with Gasteiger partial charge in [-0.2, -0.15) is 13.2 Å². The molecule has 0 saturated heterocycles. The zero-order valence-electron chi connectivity index (χ0n) is 6.97. The van der Waals surface area contributed by atoms with Crippen LogP contribution in [0.1, 0.15) is 18.4 Å². The minimum absolute atomic E-state index is 0.0369. The Morgan fingerprint density at radius 3 is 2.46 bits per heavy atom. The molecule has 0 saturated carbocycles. The molecule has 1 N–H and O–H groups in total. The fraction of sp³-hybridized carbons (Fsp3) is 0.571. The van der Waals surface area contributed by atoms with Crippen LogP contribution in [0.3, 0.4) is 0 Å². The Bertz CT molecular complexity index is 271. The summed E-state index contributed by atoms with van der Waals surface area (Å²) in [6, 6.07) is 0. The average Bonchev–Trinajstić information content (AvgIpc) is 2.45. The van der Waals surface area contributed by atoms with E-state index in [9.17, 15) is 13.2 Å². The third kappa shape index (κ3) is 2.00. The Labute approximate surface area is 72.8 Å². The number of aryl methyl sites for hydroxylation is 1. The van der Waals surface area contributed by atoms with Gasteiger partial charge in [0.1, 0.15) is 12.4 Å². The standard InChI is InChI=1S/C7H9F3N2O/c1-2-12-3-5(7(8,9)10)11-6(12)4-13/h3,13H,2,4H2,1H3. The number of hydrogen-bond donors (Lipinski definition) is 1. The van der Waals surface area contributed by atoms with Gasteiger partial charge in [-0.3, -0.25) is 0 Å². The van der Waals surface area contributed by atoms with Gasteiger partial charge in [-0.25, -0.2) is 4.98 Å². The topological polar surface area (TPSA) is 38.0 Å². The SMILES string of the molecule is CCn1cc(C(F)(F)F)nc1CO. The largest absolute Gasteiger partial charge is 0.434 e. The molecule has 1 aromatic heterocycles. The Morgan fingerprint density at radius 1 is 1.54 bits per heavy atom. The predicted molar refractivity (Wildman–Crippen MR) is 38.8 cm³/mol. The summed E-state index contributed by atoms with van der Waals surface area (Å²) in [5, 5.41) is 8.68. The highest BCUT2D eigenvalue weighted by molar-refractivity contribution is 5.07. The van der Waals surface area contributed by atoms with Gasteiger partial charge in [0.2, 0.25) is 0 Å². The van der Waals surface area contributed by atoms with Crippen LogP contribution in [0.25, 0.3) is 0 Å². The van der Waals surface area contributed by atoms with E-state index in [1.807, 2.05) is 0 Å². The molecule has 0 aliphatic heterocycles. The van der Waals surface area contributed by atoms with Gasteiger partial charge >= 0.3 is 6.18 Å². The lowest BCUT2D eigenvalue weighted by Crippen LogP contribution is -2.05. The molecule has 0 aliphatic rings. The van der Waals surface area contributed by atoms with Gasteiger partial charge in [0.25, 0.3) is 0 Å². The molecule has 0 atom stereocenters. The fourth-order valence-electron chi connectivity index (χ4n) is 0.991. The minimum atomic E-state index is -4.44. The molecule has 6 heteroatoms. The van der Waals surface area contributed by atoms with E-state index >= 15 is 0 Å². The van der Waals surface area contributed by atoms with Crippen LogP contribution in [0, 0.1) is 0 Å². The number of aliphatic hydroxyl groups is 1. The lowest BCUT2D eigenvalue weighted by atomic mass is 10.5. The van der Waals surface area contributed by atoms with Crippen molar-refractivity contribution >= 4 is 0 Å². The van der Waals surface area contributed by atoms with Crippen molar-refractivity contribution in [1.29, 1.82) is 0 Å². The van der Waals surface area contributed by atoms with E-state index in [-0.39, 0.29) is 5.82 Å². The molecule has 1 rings (SSSR count). The maximum Gasteiger partial charge on any atom is 0.434 e. The molecule has 0 bridgehead atoms. The molecular formula is C7H9F3N2O. The monoisotopic (exact) mass is 194 g/mol. The van der Waals surface area contributed by atoms with E-state index in [0.717, 1.165) is 6.20 Å². The Morgan fingerprint density at radius 2 is 2.15 bits per heavy atom. The first-order chi connectivity index (χ1) is 5.99. The zero-order chi connectivity index (χ0) is 10.1. The number of nitrogens with zero attached hydrogens (tertiary/aromatic N) is 2. The summed E-state index contributed by atoms with van der Waals surface area (Å²) in [6.45, 7) is 1.56. The second-order valence-electron chi connectivity index (χ2n) is 2.48. The van der Waals surface area contributed by atoms with Gasteiger partial charge in [0.15, 0.2) is 5.69 Å². The van der Waals surface area contributed by atoms with Crippen LogP contribution in [0.15, 0.2) is 6.20 Å². The molecule has 0 amide bonds. The van der Waals surface area contributed by atoms with Crippen molar-refractivity contribution in [3.63, 3.8) is 0 Å². The molecular weight excluding hydrogens is 185 g/mol. The van der Waals surface area contributed by atoms with Gasteiger partial charge < -0.3 is 9.67 Å². The van der Waals surface area contributed by atoms with E-state index in [1.165, 1.54) is 4.57 Å². The summed E-state index contributed by atoms with van der Waals surface area (Å²) in [7, 11) is 0. The highest BCUT2D eigenvalue weighted by Crippen LogP contribution is 2.28. The van der Waals surface area contributed by atoms with E-state index in [4.69, 9.17) is 5.11 Å². The first kappa shape index (κ1) is 10.0. The summed E-state index contributed by atoms with van der Waals surface area (Å²) >= 11 is 0. The molecule has 0 aromatic carbocycles. The Kier molecular flexibility index (Phi) is 2.60. The van der Waals surface area contributed by atoms with Crippen molar-refractivity contribution in [2.24, 2.45) is 0 Å². The molecule has 1 aromatic rings. The summed E-state index contributed by atoms with van der Waals surface area (Å²) in [6.07, 6.45) is -3.55. The smallest absolute Gasteiger partial charge is 0.388 e. The molecule has 0 spiro atoms. The van der Waals surface area contributed by atoms with Crippen molar-refractivity contribution in [3.8, 4) is 0 Å². The van der Waals surface area contributed by atoms with Crippen LogP contribution in [-0.2, 0) is 19.3 Å². The van der Waals surface area contributed by atoms with Crippen LogP contribution in [0.4, 0.5) is 13.2 Å². The number of hydrogen-bond acceptors (Lipinski definition) is 2. The van der Waals surface area contributed by atoms with Gasteiger partial charge in [-0.15, -0.1) is 0 Å². The molecule has 0 fully saturated rings. The molecule has 0 unspecified atom stereocenters. The van der Waals surface area contributed by atoms with Gasteiger partial charge in [-0.1, -0.05) is 0 Å². The maximum atomic E-state index is 12.1. The lowest BCUT2D eigenvalue weighted by Gasteiger charge is -1.99. The first-order valence-electron chi connectivity index (χ1n) is 3.73. The maximum absolute atomic E-state index is 12.1. The predicted octanol–water partition coefficient (Wildman–Crippen LogP) is 1.41. The van der Waals surface area contributed by atoms with Crippen LogP contribution in [-0.4, -0.2) is 14.7 Å². The van der Waals surface area contributed by atoms with Crippen LogP contribution in [0.2, 0.25) is 0 Å². The first-order valence-corrected chi connectivity index (χ1v) is 3.73. The second-order valence-corrected chi connectivity index (χ2v) is 2.48. The van der Waals surface area contributed by atoms with Crippen LogP contribution >= 0.6 is 0 Å². The van der Waals surface area contributed by atoms with E-state index < -0.39 is 18.5 Å². The number of alkyl halides is 3. The summed E-state index contributed by atoms with van der Waals surface area (Å²) in [5.41, 5.74) is -0.960. The van der Waals surface area contributed by atoms with Crippen molar-refractivity contribution in [2.45, 2.75) is 26.3 Å². The van der Waals surface area contributed by atoms with Gasteiger partial charge in [0, 0.05) is 12.7 Å². The molecule has 1 heterocycles. The molecule has 13 heavy (non-hydrogen) atoms. The van der Waals surface area contributed by atoms with Crippen molar-refractivity contribution in [1.82, 2.24) is 9.55 Å². The zero-order valence-corrected chi connectivity index (χ0v) is 6.97. The third-order valence-corrected chi connectivity index (χ3v) is 1.63. The molecule has 3 nitrogen and oxygen atoms in total. The lowest BCUT2D eigenvalue weighted by molar-refractivity contribution is -0.141. The van der Waals surface area contributed by atoms with E-state index in [1.54, 1.807) is 6.92 Å². The number of aliphatic hydroxyl groups excluding tert-OH is 1. The van der Waals surface area contributed by atoms with E-state index in [0.29, 0.717) is 6.54 Å². The van der Waals surface area contributed by atoms with Gasteiger partial charge in [0.05, 0.1) is 0 Å². The molecule has 0 aliphatic carbocycles. The highest BCUT2D eigenvalue weighted by atomic mass is 19.4. The quantitative estimate of drug-likeness (QED) is 0.773. The summed E-state index contributed by atoms with van der Waals surface area (Å²) in [5.74, 6) is 0.0369. The normalized spacial score (nSPS) is 12.1. The minimum Gasteiger partial charge on any atom is -0.388 e. The average molecular weight is 194 g/mol. The van der Waals surface area contributed by atoms with Crippen molar-refractivity contribution < 1.29 is 18.3 Å². The highest BCUT2D eigenvalue weighted by Gasteiger charge is 2.34.